The van der Waals surface area contributed by atoms with Crippen LogP contribution in [0, 0.1) is 0 Å². The summed E-state index contributed by atoms with van der Waals surface area (Å²) in [6.07, 6.45) is 5.53. The number of amides is 1. The number of nitrogens with one attached hydrogen (secondary N) is 2. The number of aryl methyl sites for hydroxylation is 1. The highest BCUT2D eigenvalue weighted by molar-refractivity contribution is 5.99. The van der Waals surface area contributed by atoms with Crippen LogP contribution in [0.25, 0.3) is 16.4 Å². The number of carbonyl (C=O) groups excluding carboxylic acids is 1. The van der Waals surface area contributed by atoms with Gasteiger partial charge in [-0.1, -0.05) is 31.2 Å². The molecular weight excluding hydrogens is 312 g/mol. The molecule has 0 bridgehead atoms. The Labute approximate surface area is 145 Å². The normalized spacial score (nSPS) is 11.2. The molecule has 0 fully saturated rings. The van der Waals surface area contributed by atoms with E-state index in [0.29, 0.717) is 12.2 Å². The molecule has 0 saturated heterocycles. The summed E-state index contributed by atoms with van der Waals surface area (Å²) in [7, 11) is 0. The van der Waals surface area contributed by atoms with Crippen LogP contribution < -0.4 is 5.32 Å². The molecular formula is C20H20N4O. The van der Waals surface area contributed by atoms with Crippen molar-refractivity contribution in [3.8, 4) is 0 Å². The standard InChI is InChI=1S/C20H20N4O/c1-2-18-23-19(17-9-5-6-12-24(17)18)20(25)21-11-10-14-13-22-16-8-4-3-7-15(14)16/h3-9,12-13,22H,2,10-11H2,1H3,(H,21,25). The van der Waals surface area contributed by atoms with E-state index in [1.54, 1.807) is 0 Å². The van der Waals surface area contributed by atoms with Gasteiger partial charge in [0.05, 0.1) is 5.52 Å². The first-order valence-electron chi connectivity index (χ1n) is 8.57. The van der Waals surface area contributed by atoms with Crippen LogP contribution >= 0.6 is 0 Å². The van der Waals surface area contributed by atoms with Gasteiger partial charge in [0.15, 0.2) is 5.69 Å². The number of aromatic nitrogens is 3. The lowest BCUT2D eigenvalue weighted by molar-refractivity contribution is 0.0951. The van der Waals surface area contributed by atoms with Crippen LogP contribution in [0.15, 0.2) is 54.9 Å². The second kappa shape index (κ2) is 6.43. The summed E-state index contributed by atoms with van der Waals surface area (Å²) in [5.41, 5.74) is 3.68. The van der Waals surface area contributed by atoms with Gasteiger partial charge in [0.2, 0.25) is 0 Å². The molecule has 1 aromatic carbocycles. The van der Waals surface area contributed by atoms with Crippen molar-refractivity contribution in [3.63, 3.8) is 0 Å². The molecule has 25 heavy (non-hydrogen) atoms. The first-order valence-corrected chi connectivity index (χ1v) is 8.57. The van der Waals surface area contributed by atoms with Crippen molar-refractivity contribution in [2.75, 3.05) is 6.54 Å². The molecule has 3 heterocycles. The number of pyridine rings is 1. The van der Waals surface area contributed by atoms with Crippen LogP contribution in [-0.2, 0) is 12.8 Å². The number of nitrogens with zero attached hydrogens (tertiary/aromatic N) is 2. The number of carbonyl (C=O) groups is 1. The molecule has 0 aliphatic heterocycles. The minimum Gasteiger partial charge on any atom is -0.361 e. The van der Waals surface area contributed by atoms with E-state index in [1.165, 1.54) is 10.9 Å². The first kappa shape index (κ1) is 15.4. The highest BCUT2D eigenvalue weighted by atomic mass is 16.1. The van der Waals surface area contributed by atoms with E-state index >= 15 is 0 Å². The number of H-pyrrole nitrogens is 1. The summed E-state index contributed by atoms with van der Waals surface area (Å²) in [4.78, 5) is 20.4. The molecule has 0 radical (unpaired) electrons. The molecule has 0 atom stereocenters. The predicted octanol–water partition coefficient (Wildman–Crippen LogP) is 3.35. The van der Waals surface area contributed by atoms with Crippen molar-refractivity contribution >= 4 is 22.3 Å². The Kier molecular flexibility index (Phi) is 3.98. The molecule has 0 aliphatic carbocycles. The van der Waals surface area contributed by atoms with E-state index in [2.05, 4.69) is 27.4 Å². The summed E-state index contributed by atoms with van der Waals surface area (Å²) in [6.45, 7) is 2.62. The lowest BCUT2D eigenvalue weighted by Gasteiger charge is -2.03. The number of rotatable bonds is 5. The zero-order valence-corrected chi connectivity index (χ0v) is 14.1. The Balaban J connectivity index is 1.49. The number of fused-ring (bicyclic) bond motifs is 2. The first-order chi connectivity index (χ1) is 12.3. The Hall–Kier alpha value is -3.08. The largest absolute Gasteiger partial charge is 0.361 e. The van der Waals surface area contributed by atoms with Gasteiger partial charge in [-0.2, -0.15) is 0 Å². The fourth-order valence-corrected chi connectivity index (χ4v) is 3.25. The van der Waals surface area contributed by atoms with Crippen LogP contribution in [-0.4, -0.2) is 26.8 Å². The highest BCUT2D eigenvalue weighted by Gasteiger charge is 2.16. The van der Waals surface area contributed by atoms with Crippen molar-refractivity contribution in [2.45, 2.75) is 19.8 Å². The summed E-state index contributed by atoms with van der Waals surface area (Å²) >= 11 is 0. The van der Waals surface area contributed by atoms with Gasteiger partial charge in [-0.3, -0.25) is 4.79 Å². The van der Waals surface area contributed by atoms with Gasteiger partial charge < -0.3 is 14.7 Å². The quantitative estimate of drug-likeness (QED) is 0.589. The Morgan fingerprint density at radius 2 is 2.04 bits per heavy atom. The smallest absolute Gasteiger partial charge is 0.272 e. The molecule has 4 aromatic rings. The summed E-state index contributed by atoms with van der Waals surface area (Å²) in [5.74, 6) is 0.778. The molecule has 3 aromatic heterocycles. The van der Waals surface area contributed by atoms with Gasteiger partial charge in [-0.15, -0.1) is 0 Å². The van der Waals surface area contributed by atoms with Gasteiger partial charge in [0.25, 0.3) is 5.91 Å². The van der Waals surface area contributed by atoms with Crippen LogP contribution in [0.1, 0.15) is 28.8 Å². The van der Waals surface area contributed by atoms with E-state index in [0.717, 1.165) is 29.7 Å². The van der Waals surface area contributed by atoms with Crippen LogP contribution in [0.2, 0.25) is 0 Å². The SMILES string of the molecule is CCc1nc(C(=O)NCCc2c[nH]c3ccccc23)c2ccccn12. The molecule has 5 nitrogen and oxygen atoms in total. The molecule has 4 rings (SSSR count). The third kappa shape index (κ3) is 2.78. The molecule has 0 saturated carbocycles. The molecule has 0 spiro atoms. The number of hydrogen-bond donors (Lipinski definition) is 2. The lowest BCUT2D eigenvalue weighted by Crippen LogP contribution is -2.26. The topological polar surface area (TPSA) is 62.2 Å². The second-order valence-electron chi connectivity index (χ2n) is 6.05. The molecule has 0 unspecified atom stereocenters. The molecule has 0 aliphatic rings. The van der Waals surface area contributed by atoms with E-state index in [4.69, 9.17) is 0 Å². The number of imidazole rings is 1. The predicted molar refractivity (Wildman–Crippen MR) is 98.9 cm³/mol. The third-order valence-corrected chi connectivity index (χ3v) is 4.51. The van der Waals surface area contributed by atoms with E-state index in [9.17, 15) is 4.79 Å². The minimum atomic E-state index is -0.122. The lowest BCUT2D eigenvalue weighted by atomic mass is 10.1. The van der Waals surface area contributed by atoms with E-state index < -0.39 is 0 Å². The Morgan fingerprint density at radius 3 is 2.92 bits per heavy atom. The zero-order valence-electron chi connectivity index (χ0n) is 14.1. The van der Waals surface area contributed by atoms with Crippen LogP contribution in [0.4, 0.5) is 0 Å². The summed E-state index contributed by atoms with van der Waals surface area (Å²) in [5, 5.41) is 4.21. The fourth-order valence-electron chi connectivity index (χ4n) is 3.25. The molecule has 2 N–H and O–H groups in total. The van der Waals surface area contributed by atoms with Gasteiger partial charge >= 0.3 is 0 Å². The van der Waals surface area contributed by atoms with E-state index in [1.807, 2.05) is 54.0 Å². The highest BCUT2D eigenvalue weighted by Crippen LogP contribution is 2.18. The van der Waals surface area contributed by atoms with Crippen molar-refractivity contribution < 1.29 is 4.79 Å². The van der Waals surface area contributed by atoms with E-state index in [-0.39, 0.29) is 5.91 Å². The van der Waals surface area contributed by atoms with Crippen molar-refractivity contribution in [1.29, 1.82) is 0 Å². The van der Waals surface area contributed by atoms with Crippen molar-refractivity contribution in [3.05, 3.63) is 71.9 Å². The maximum atomic E-state index is 12.6. The average Bonchev–Trinajstić information content (AvgIpc) is 3.23. The number of aromatic amines is 1. The maximum Gasteiger partial charge on any atom is 0.272 e. The Morgan fingerprint density at radius 1 is 1.20 bits per heavy atom. The van der Waals surface area contributed by atoms with Crippen molar-refractivity contribution in [2.24, 2.45) is 0 Å². The Bertz CT molecular complexity index is 1040. The third-order valence-electron chi connectivity index (χ3n) is 4.51. The summed E-state index contributed by atoms with van der Waals surface area (Å²) < 4.78 is 1.98. The monoisotopic (exact) mass is 332 g/mol. The number of para-hydroxylation sites is 1. The summed E-state index contributed by atoms with van der Waals surface area (Å²) in [6, 6.07) is 14.0. The maximum absolute atomic E-state index is 12.6. The molecule has 1 amide bonds. The molecule has 5 heteroatoms. The van der Waals surface area contributed by atoms with Gasteiger partial charge in [0.1, 0.15) is 5.82 Å². The average molecular weight is 332 g/mol. The number of benzene rings is 1. The van der Waals surface area contributed by atoms with Gasteiger partial charge in [-0.25, -0.2) is 4.98 Å². The van der Waals surface area contributed by atoms with Crippen LogP contribution in [0.5, 0.6) is 0 Å². The number of hydrogen-bond acceptors (Lipinski definition) is 2. The fraction of sp³-hybridized carbons (Fsp3) is 0.200. The van der Waals surface area contributed by atoms with Gasteiger partial charge in [-0.05, 0) is 30.2 Å². The van der Waals surface area contributed by atoms with Gasteiger partial charge in [0, 0.05) is 36.3 Å². The van der Waals surface area contributed by atoms with Crippen molar-refractivity contribution in [1.82, 2.24) is 19.7 Å². The molecule has 126 valence electrons. The van der Waals surface area contributed by atoms with Crippen LogP contribution in [0.3, 0.4) is 0 Å². The second-order valence-corrected chi connectivity index (χ2v) is 6.05. The minimum absolute atomic E-state index is 0.122. The zero-order chi connectivity index (χ0) is 17.2.